The van der Waals surface area contributed by atoms with Gasteiger partial charge in [-0.05, 0) is 43.3 Å². The van der Waals surface area contributed by atoms with Crippen molar-refractivity contribution >= 4 is 39.0 Å². The van der Waals surface area contributed by atoms with Gasteiger partial charge < -0.3 is 25.4 Å². The Morgan fingerprint density at radius 1 is 1.00 bits per heavy atom. The summed E-state index contributed by atoms with van der Waals surface area (Å²) in [7, 11) is -2.11. The number of carbonyl (C=O) groups is 1. The van der Waals surface area contributed by atoms with E-state index in [1.54, 1.807) is 24.3 Å². The monoisotopic (exact) mass is 542 g/mol. The van der Waals surface area contributed by atoms with Crippen molar-refractivity contribution < 1.29 is 23.1 Å². The van der Waals surface area contributed by atoms with Gasteiger partial charge in [-0.2, -0.15) is 4.31 Å². The number of likely N-dealkylation sites (tertiary alicyclic amines) is 1. The molecule has 2 aliphatic heterocycles. The predicted octanol–water partition coefficient (Wildman–Crippen LogP) is 4.35. The molecule has 2 fully saturated rings. The Bertz CT molecular complexity index is 1420. The lowest BCUT2D eigenvalue weighted by Crippen LogP contribution is -2.47. The number of carbonyl (C=O) groups excluding carboxylic acids is 1. The summed E-state index contributed by atoms with van der Waals surface area (Å²) in [6, 6.07) is 18.5. The fraction of sp³-hybridized carbons (Fsp3) is 0.269. The first-order chi connectivity index (χ1) is 17.7. The SMILES string of the molecule is CN1C[C@@H]2C[C@@H]1CN2S(=O)(=O)c1c(Cl)ccc(NC(=O)Nc2ccccc2OCc2ccccc2)c1O. The van der Waals surface area contributed by atoms with E-state index in [9.17, 15) is 18.3 Å². The Morgan fingerprint density at radius 2 is 1.70 bits per heavy atom. The lowest BCUT2D eigenvalue weighted by molar-refractivity contribution is 0.216. The average molecular weight is 543 g/mol. The largest absolute Gasteiger partial charge is 0.504 e. The van der Waals surface area contributed by atoms with Gasteiger partial charge in [0.15, 0.2) is 5.75 Å². The molecule has 2 atom stereocenters. The summed E-state index contributed by atoms with van der Waals surface area (Å²) in [5.74, 6) is -0.147. The number of likely N-dealkylation sites (N-methyl/N-ethyl adjacent to an activating group) is 1. The second kappa shape index (κ2) is 10.2. The molecule has 2 amide bonds. The van der Waals surface area contributed by atoms with Crippen molar-refractivity contribution in [3.8, 4) is 11.5 Å². The summed E-state index contributed by atoms with van der Waals surface area (Å²) in [6.07, 6.45) is 0.736. The fourth-order valence-corrected chi connectivity index (χ4v) is 7.10. The van der Waals surface area contributed by atoms with Crippen molar-refractivity contribution in [2.24, 2.45) is 0 Å². The molecule has 0 aliphatic carbocycles. The molecule has 11 heteroatoms. The van der Waals surface area contributed by atoms with Crippen LogP contribution in [0.1, 0.15) is 12.0 Å². The highest BCUT2D eigenvalue weighted by Crippen LogP contribution is 2.42. The van der Waals surface area contributed by atoms with E-state index in [-0.39, 0.29) is 22.8 Å². The molecule has 0 radical (unpaired) electrons. The van der Waals surface area contributed by atoms with Gasteiger partial charge in [0.25, 0.3) is 0 Å². The Kier molecular flexibility index (Phi) is 7.00. The molecule has 37 heavy (non-hydrogen) atoms. The number of nitrogens with zero attached hydrogens (tertiary/aromatic N) is 2. The number of urea groups is 1. The van der Waals surface area contributed by atoms with Gasteiger partial charge in [0.2, 0.25) is 10.0 Å². The van der Waals surface area contributed by atoms with Gasteiger partial charge in [-0.15, -0.1) is 0 Å². The van der Waals surface area contributed by atoms with Gasteiger partial charge in [0.05, 0.1) is 16.4 Å². The number of phenolic OH excluding ortho intramolecular Hbond substituents is 1. The zero-order valence-corrected chi connectivity index (χ0v) is 21.7. The summed E-state index contributed by atoms with van der Waals surface area (Å²) >= 11 is 6.25. The second-order valence-corrected chi connectivity index (χ2v) is 11.4. The number of aromatic hydroxyl groups is 1. The Hall–Kier alpha value is -3.31. The van der Waals surface area contributed by atoms with Gasteiger partial charge >= 0.3 is 6.03 Å². The van der Waals surface area contributed by atoms with Gasteiger partial charge in [-0.3, -0.25) is 0 Å². The predicted molar refractivity (Wildman–Crippen MR) is 142 cm³/mol. The number of hydrogen-bond donors (Lipinski definition) is 3. The standard InChI is InChI=1S/C26H27ClN4O5S/c1-30-14-19-13-18(30)15-31(19)37(34,35)25-20(27)11-12-22(24(25)32)29-26(33)28-21-9-5-6-10-23(21)36-16-17-7-3-2-4-8-17/h2-12,18-19,32H,13-16H2,1H3,(H2,28,29,33)/t18-,19+/m1/s1. The minimum Gasteiger partial charge on any atom is -0.504 e. The number of nitrogens with one attached hydrogen (secondary N) is 2. The van der Waals surface area contributed by atoms with Gasteiger partial charge in [0.1, 0.15) is 17.3 Å². The molecule has 0 saturated carbocycles. The van der Waals surface area contributed by atoms with Crippen LogP contribution < -0.4 is 15.4 Å². The van der Waals surface area contributed by atoms with E-state index in [1.165, 1.54) is 16.4 Å². The number of piperazine rings is 1. The topological polar surface area (TPSA) is 111 Å². The highest BCUT2D eigenvalue weighted by atomic mass is 35.5. The first-order valence-corrected chi connectivity index (χ1v) is 13.6. The third-order valence-electron chi connectivity index (χ3n) is 6.73. The quantitative estimate of drug-likeness (QED) is 0.383. The van der Waals surface area contributed by atoms with E-state index >= 15 is 0 Å². The number of hydrogen-bond acceptors (Lipinski definition) is 6. The lowest BCUT2D eigenvalue weighted by Gasteiger charge is -2.31. The van der Waals surface area contributed by atoms with Gasteiger partial charge in [-0.1, -0.05) is 54.1 Å². The summed E-state index contributed by atoms with van der Waals surface area (Å²) in [5, 5.41) is 16.0. The molecule has 5 rings (SSSR count). The number of rotatable bonds is 7. The van der Waals surface area contributed by atoms with Crippen LogP contribution >= 0.6 is 11.6 Å². The fourth-order valence-electron chi connectivity index (χ4n) is 4.84. The van der Waals surface area contributed by atoms with E-state index < -0.39 is 26.7 Å². The van der Waals surface area contributed by atoms with Crippen LogP contribution in [0.5, 0.6) is 11.5 Å². The van der Waals surface area contributed by atoms with Crippen LogP contribution in [0.4, 0.5) is 16.2 Å². The normalized spacial score (nSPS) is 19.6. The number of fused-ring (bicyclic) bond motifs is 2. The Balaban J connectivity index is 1.32. The van der Waals surface area contributed by atoms with Crippen molar-refractivity contribution in [2.75, 3.05) is 30.8 Å². The molecule has 3 aromatic carbocycles. The molecule has 2 bridgehead atoms. The number of para-hydroxylation sites is 2. The van der Waals surface area contributed by atoms with E-state index in [0.29, 0.717) is 31.1 Å². The van der Waals surface area contributed by atoms with Crippen LogP contribution in [0.15, 0.2) is 71.6 Å². The molecule has 0 unspecified atom stereocenters. The average Bonchev–Trinajstić information content (AvgIpc) is 3.46. The first-order valence-electron chi connectivity index (χ1n) is 11.8. The summed E-state index contributed by atoms with van der Waals surface area (Å²) < 4.78 is 34.2. The summed E-state index contributed by atoms with van der Waals surface area (Å²) in [4.78, 5) is 14.5. The number of ether oxygens (including phenoxy) is 1. The number of phenols is 1. The van der Waals surface area contributed by atoms with E-state index in [1.807, 2.05) is 37.4 Å². The highest BCUT2D eigenvalue weighted by Gasteiger charge is 2.48. The smallest absolute Gasteiger partial charge is 0.323 e. The molecule has 3 aromatic rings. The third-order valence-corrected chi connectivity index (χ3v) is 9.16. The van der Waals surface area contributed by atoms with Crippen molar-refractivity contribution in [3.63, 3.8) is 0 Å². The second-order valence-electron chi connectivity index (χ2n) is 9.18. The molecule has 0 aromatic heterocycles. The maximum atomic E-state index is 13.5. The zero-order valence-electron chi connectivity index (χ0n) is 20.1. The molecular formula is C26H27ClN4O5S. The van der Waals surface area contributed by atoms with Crippen molar-refractivity contribution in [1.29, 1.82) is 0 Å². The van der Waals surface area contributed by atoms with Crippen LogP contribution in [-0.2, 0) is 16.6 Å². The molecular weight excluding hydrogens is 516 g/mol. The van der Waals surface area contributed by atoms with Crippen LogP contribution in [0.3, 0.4) is 0 Å². The molecule has 2 heterocycles. The number of sulfonamides is 1. The molecule has 2 aliphatic rings. The molecule has 194 valence electrons. The molecule has 9 nitrogen and oxygen atoms in total. The number of halogens is 1. The maximum absolute atomic E-state index is 13.5. The Morgan fingerprint density at radius 3 is 2.41 bits per heavy atom. The van der Waals surface area contributed by atoms with Gasteiger partial charge in [0, 0.05) is 25.2 Å². The van der Waals surface area contributed by atoms with Crippen molar-refractivity contribution in [3.05, 3.63) is 77.3 Å². The van der Waals surface area contributed by atoms with E-state index in [2.05, 4.69) is 15.5 Å². The third kappa shape index (κ3) is 5.10. The van der Waals surface area contributed by atoms with Crippen molar-refractivity contribution in [1.82, 2.24) is 9.21 Å². The van der Waals surface area contributed by atoms with Crippen LogP contribution in [0, 0.1) is 0 Å². The number of benzene rings is 3. The zero-order chi connectivity index (χ0) is 26.2. The van der Waals surface area contributed by atoms with E-state index in [4.69, 9.17) is 16.3 Å². The van der Waals surface area contributed by atoms with Crippen molar-refractivity contribution in [2.45, 2.75) is 30.0 Å². The molecule has 2 saturated heterocycles. The Labute approximate surface area is 220 Å². The van der Waals surface area contributed by atoms with Crippen LogP contribution in [-0.4, -0.2) is 61.0 Å². The number of amides is 2. The minimum atomic E-state index is -4.08. The summed E-state index contributed by atoms with van der Waals surface area (Å²) in [5.41, 5.74) is 1.30. The maximum Gasteiger partial charge on any atom is 0.323 e. The lowest BCUT2D eigenvalue weighted by atomic mass is 10.2. The van der Waals surface area contributed by atoms with E-state index in [0.717, 1.165) is 12.0 Å². The van der Waals surface area contributed by atoms with Gasteiger partial charge in [-0.25, -0.2) is 13.2 Å². The first kappa shape index (κ1) is 25.3. The summed E-state index contributed by atoms with van der Waals surface area (Å²) in [6.45, 7) is 1.26. The minimum absolute atomic E-state index is 0.0790. The highest BCUT2D eigenvalue weighted by molar-refractivity contribution is 7.89. The van der Waals surface area contributed by atoms with Crippen LogP contribution in [0.2, 0.25) is 5.02 Å². The number of anilines is 2. The van der Waals surface area contributed by atoms with Crippen LogP contribution in [0.25, 0.3) is 0 Å². The molecule has 0 spiro atoms. The molecule has 3 N–H and O–H groups in total.